The molecule has 2 unspecified atom stereocenters. The number of aliphatic imine (C=N–C) groups is 1. The predicted molar refractivity (Wildman–Crippen MR) is 97.9 cm³/mol. The molecule has 1 rings (SSSR count). The zero-order valence-electron chi connectivity index (χ0n) is 11.6. The number of hydrogen-bond acceptors (Lipinski definition) is 3. The number of guanidine groups is 1. The van der Waals surface area contributed by atoms with E-state index in [1.807, 2.05) is 23.5 Å². The minimum absolute atomic E-state index is 0. The van der Waals surface area contributed by atoms with E-state index in [2.05, 4.69) is 35.1 Å². The zero-order chi connectivity index (χ0) is 12.5. The molecule has 0 amide bonds. The fourth-order valence-corrected chi connectivity index (χ4v) is 3.12. The second-order valence-electron chi connectivity index (χ2n) is 4.27. The van der Waals surface area contributed by atoms with Crippen LogP contribution in [0.3, 0.4) is 0 Å². The van der Waals surface area contributed by atoms with Gasteiger partial charge in [-0.25, -0.2) is 0 Å². The van der Waals surface area contributed by atoms with Crippen LogP contribution in [0.25, 0.3) is 0 Å². The third-order valence-electron chi connectivity index (χ3n) is 2.97. The average molecular weight is 403 g/mol. The largest absolute Gasteiger partial charge is 0.357 e. The predicted octanol–water partition coefficient (Wildman–Crippen LogP) is 2.81. The second kappa shape index (κ2) is 11.5. The van der Waals surface area contributed by atoms with Gasteiger partial charge in [0.05, 0.1) is 6.54 Å². The van der Waals surface area contributed by atoms with Gasteiger partial charge < -0.3 is 10.6 Å². The Kier molecular flexibility index (Phi) is 12.0. The fraction of sp³-hybridized carbons (Fsp3) is 0.917. The quantitative estimate of drug-likeness (QED) is 0.310. The molecule has 0 aromatic heterocycles. The van der Waals surface area contributed by atoms with Crippen molar-refractivity contribution in [1.82, 2.24) is 10.6 Å². The smallest absolute Gasteiger partial charge is 0.191 e. The number of rotatable bonds is 6. The van der Waals surface area contributed by atoms with Gasteiger partial charge in [-0.05, 0) is 38.7 Å². The lowest BCUT2D eigenvalue weighted by Gasteiger charge is -2.17. The van der Waals surface area contributed by atoms with Crippen LogP contribution in [0.15, 0.2) is 4.99 Å². The van der Waals surface area contributed by atoms with Crippen molar-refractivity contribution >= 4 is 53.5 Å². The Balaban J connectivity index is 0.00000289. The van der Waals surface area contributed by atoms with Crippen molar-refractivity contribution in [2.45, 2.75) is 37.5 Å². The molecule has 0 aromatic rings. The normalized spacial score (nSPS) is 23.6. The molecule has 2 N–H and O–H groups in total. The molecule has 0 radical (unpaired) electrons. The van der Waals surface area contributed by atoms with Crippen LogP contribution in [0.4, 0.5) is 0 Å². The Morgan fingerprint density at radius 1 is 1.33 bits per heavy atom. The molecule has 6 heteroatoms. The summed E-state index contributed by atoms with van der Waals surface area (Å²) in [5.41, 5.74) is 0. The second-order valence-corrected chi connectivity index (χ2v) is 6.39. The minimum Gasteiger partial charge on any atom is -0.357 e. The van der Waals surface area contributed by atoms with E-state index in [-0.39, 0.29) is 24.0 Å². The summed E-state index contributed by atoms with van der Waals surface area (Å²) in [5, 5.41) is 7.72. The Labute approximate surface area is 137 Å². The molecule has 0 saturated heterocycles. The van der Waals surface area contributed by atoms with Gasteiger partial charge in [0.15, 0.2) is 5.96 Å². The monoisotopic (exact) mass is 403 g/mol. The highest BCUT2D eigenvalue weighted by atomic mass is 127. The molecule has 1 aliphatic rings. The Hall–Kier alpha value is 0.700. The van der Waals surface area contributed by atoms with Crippen LogP contribution in [0.1, 0.15) is 26.2 Å². The van der Waals surface area contributed by atoms with E-state index in [0.717, 1.165) is 30.1 Å². The van der Waals surface area contributed by atoms with Crippen LogP contribution in [-0.4, -0.2) is 48.6 Å². The number of hydrogen-bond donors (Lipinski definition) is 2. The molecule has 1 aliphatic carbocycles. The molecular weight excluding hydrogens is 377 g/mol. The highest BCUT2D eigenvalue weighted by Crippen LogP contribution is 2.27. The minimum atomic E-state index is 0. The van der Waals surface area contributed by atoms with Crippen LogP contribution in [-0.2, 0) is 0 Å². The summed E-state index contributed by atoms with van der Waals surface area (Å²) >= 11 is 3.84. The molecule has 0 bridgehead atoms. The van der Waals surface area contributed by atoms with Crippen molar-refractivity contribution in [3.05, 3.63) is 0 Å². The van der Waals surface area contributed by atoms with Crippen LogP contribution in [0.2, 0.25) is 0 Å². The third-order valence-corrected chi connectivity index (χ3v) is 4.65. The van der Waals surface area contributed by atoms with E-state index in [1.165, 1.54) is 19.3 Å². The number of thioether (sulfide) groups is 2. The van der Waals surface area contributed by atoms with E-state index < -0.39 is 0 Å². The standard InChI is InChI=1S/C12H25N3S2.HI/c1-4-13-12(14-7-8-16-2)15-10-5-6-11(9-10)17-3;/h10-11H,4-9H2,1-3H3,(H2,13,14,15);1H. The fourth-order valence-electron chi connectivity index (χ4n) is 2.05. The zero-order valence-corrected chi connectivity index (χ0v) is 15.5. The molecule has 3 nitrogen and oxygen atoms in total. The lowest BCUT2D eigenvalue weighted by atomic mass is 10.2. The molecule has 1 saturated carbocycles. The highest BCUT2D eigenvalue weighted by Gasteiger charge is 2.24. The van der Waals surface area contributed by atoms with Crippen LogP contribution in [0, 0.1) is 0 Å². The molecule has 18 heavy (non-hydrogen) atoms. The lowest BCUT2D eigenvalue weighted by molar-refractivity contribution is 0.616. The lowest BCUT2D eigenvalue weighted by Crippen LogP contribution is -2.42. The first-order valence-electron chi connectivity index (χ1n) is 6.36. The summed E-state index contributed by atoms with van der Waals surface area (Å²) in [6.45, 7) is 3.95. The van der Waals surface area contributed by atoms with Crippen molar-refractivity contribution in [2.24, 2.45) is 4.99 Å². The van der Waals surface area contributed by atoms with Gasteiger partial charge in [0.25, 0.3) is 0 Å². The van der Waals surface area contributed by atoms with Gasteiger partial charge in [-0.1, -0.05) is 0 Å². The maximum Gasteiger partial charge on any atom is 0.191 e. The van der Waals surface area contributed by atoms with Crippen molar-refractivity contribution < 1.29 is 0 Å². The number of halogens is 1. The maximum absolute atomic E-state index is 4.58. The SMILES string of the molecule is CCNC(=NCCSC)NC1CCC(SC)C1.I. The first kappa shape index (κ1) is 18.7. The Bertz CT molecular complexity index is 239. The van der Waals surface area contributed by atoms with E-state index in [0.29, 0.717) is 6.04 Å². The van der Waals surface area contributed by atoms with Gasteiger partial charge in [-0.2, -0.15) is 23.5 Å². The first-order chi connectivity index (χ1) is 8.30. The van der Waals surface area contributed by atoms with Crippen molar-refractivity contribution in [2.75, 3.05) is 31.4 Å². The molecule has 0 spiro atoms. The Morgan fingerprint density at radius 2 is 2.11 bits per heavy atom. The van der Waals surface area contributed by atoms with E-state index in [4.69, 9.17) is 0 Å². The summed E-state index contributed by atoms with van der Waals surface area (Å²) in [7, 11) is 0. The van der Waals surface area contributed by atoms with Gasteiger partial charge in [0, 0.05) is 23.6 Å². The molecule has 0 aliphatic heterocycles. The Morgan fingerprint density at radius 3 is 2.67 bits per heavy atom. The van der Waals surface area contributed by atoms with Crippen molar-refractivity contribution in [1.29, 1.82) is 0 Å². The van der Waals surface area contributed by atoms with Crippen LogP contribution >= 0.6 is 47.5 Å². The summed E-state index contributed by atoms with van der Waals surface area (Å²) in [6, 6.07) is 0.611. The summed E-state index contributed by atoms with van der Waals surface area (Å²) in [5.74, 6) is 2.09. The van der Waals surface area contributed by atoms with Crippen molar-refractivity contribution in [3.63, 3.8) is 0 Å². The maximum atomic E-state index is 4.58. The molecule has 0 aromatic carbocycles. The van der Waals surface area contributed by atoms with Gasteiger partial charge in [-0.15, -0.1) is 24.0 Å². The first-order valence-corrected chi connectivity index (χ1v) is 9.04. The summed E-state index contributed by atoms with van der Waals surface area (Å²) in [6.07, 6.45) is 8.22. The topological polar surface area (TPSA) is 36.4 Å². The summed E-state index contributed by atoms with van der Waals surface area (Å²) in [4.78, 5) is 4.58. The number of nitrogens with one attached hydrogen (secondary N) is 2. The molecule has 2 atom stereocenters. The van der Waals surface area contributed by atoms with Gasteiger partial charge in [-0.3, -0.25) is 4.99 Å². The van der Waals surface area contributed by atoms with E-state index in [1.54, 1.807) is 0 Å². The van der Waals surface area contributed by atoms with Crippen LogP contribution in [0.5, 0.6) is 0 Å². The molecule has 0 heterocycles. The van der Waals surface area contributed by atoms with Gasteiger partial charge in [0.2, 0.25) is 0 Å². The average Bonchev–Trinajstić information content (AvgIpc) is 2.77. The molecule has 1 fully saturated rings. The van der Waals surface area contributed by atoms with E-state index in [9.17, 15) is 0 Å². The van der Waals surface area contributed by atoms with Gasteiger partial charge >= 0.3 is 0 Å². The molecule has 108 valence electrons. The van der Waals surface area contributed by atoms with Crippen molar-refractivity contribution in [3.8, 4) is 0 Å². The summed E-state index contributed by atoms with van der Waals surface area (Å²) < 4.78 is 0. The van der Waals surface area contributed by atoms with Crippen LogP contribution < -0.4 is 10.6 Å². The van der Waals surface area contributed by atoms with E-state index >= 15 is 0 Å². The third kappa shape index (κ3) is 7.33. The van der Waals surface area contributed by atoms with Gasteiger partial charge in [0.1, 0.15) is 0 Å². The highest BCUT2D eigenvalue weighted by molar-refractivity contribution is 14.0. The number of nitrogens with zero attached hydrogens (tertiary/aromatic N) is 1. The molecular formula is C12H26IN3S2.